The molecular formula is C22H26N2O5S. The number of rotatable bonds is 9. The molecule has 0 aliphatic carbocycles. The van der Waals surface area contributed by atoms with E-state index < -0.39 is 10.0 Å². The molecule has 160 valence electrons. The van der Waals surface area contributed by atoms with Gasteiger partial charge in [0.2, 0.25) is 22.7 Å². The van der Waals surface area contributed by atoms with Crippen LogP contribution in [0.4, 0.5) is 0 Å². The molecule has 1 aliphatic rings. The number of hydrogen-bond acceptors (Lipinski definition) is 5. The second-order valence-electron chi connectivity index (χ2n) is 6.72. The Kier molecular flexibility index (Phi) is 7.12. The van der Waals surface area contributed by atoms with Gasteiger partial charge in [-0.05, 0) is 47.9 Å². The van der Waals surface area contributed by atoms with Crippen molar-refractivity contribution in [2.75, 3.05) is 26.4 Å². The number of fused-ring (bicyclic) bond motifs is 1. The highest BCUT2D eigenvalue weighted by Crippen LogP contribution is 2.32. The molecule has 0 aromatic heterocycles. The number of carbonyl (C=O) groups excluding carboxylic acids is 1. The van der Waals surface area contributed by atoms with Crippen LogP contribution in [0.15, 0.2) is 53.4 Å². The van der Waals surface area contributed by atoms with Crippen LogP contribution < -0.4 is 14.8 Å². The van der Waals surface area contributed by atoms with Gasteiger partial charge in [0.15, 0.2) is 11.5 Å². The van der Waals surface area contributed by atoms with Crippen LogP contribution in [0.1, 0.15) is 25.0 Å². The lowest BCUT2D eigenvalue weighted by molar-refractivity contribution is -0.116. The van der Waals surface area contributed by atoms with Crippen molar-refractivity contribution < 1.29 is 22.7 Å². The number of nitrogens with one attached hydrogen (secondary N) is 1. The molecule has 0 spiro atoms. The lowest BCUT2D eigenvalue weighted by atomic mass is 10.1. The SMILES string of the molecule is CCN(CC)S(=O)(=O)c1ccc(/C=C/C(=O)NCCc2ccc3c(c2)OCO3)cc1. The van der Waals surface area contributed by atoms with Crippen molar-refractivity contribution in [3.05, 3.63) is 59.7 Å². The maximum atomic E-state index is 12.5. The number of hydrogen-bond donors (Lipinski definition) is 1. The first-order chi connectivity index (χ1) is 14.4. The minimum absolute atomic E-state index is 0.212. The van der Waals surface area contributed by atoms with Gasteiger partial charge in [0.25, 0.3) is 0 Å². The van der Waals surface area contributed by atoms with Crippen LogP contribution in [0.3, 0.4) is 0 Å². The fraction of sp³-hybridized carbons (Fsp3) is 0.318. The lowest BCUT2D eigenvalue weighted by Gasteiger charge is -2.18. The summed E-state index contributed by atoms with van der Waals surface area (Å²) >= 11 is 0. The Labute approximate surface area is 177 Å². The van der Waals surface area contributed by atoms with Crippen molar-refractivity contribution in [3.63, 3.8) is 0 Å². The summed E-state index contributed by atoms with van der Waals surface area (Å²) in [4.78, 5) is 12.3. The topological polar surface area (TPSA) is 84.9 Å². The molecule has 1 N–H and O–H groups in total. The Balaban J connectivity index is 1.51. The number of sulfonamides is 1. The van der Waals surface area contributed by atoms with Gasteiger partial charge in [0.05, 0.1) is 4.90 Å². The fourth-order valence-corrected chi connectivity index (χ4v) is 4.58. The smallest absolute Gasteiger partial charge is 0.244 e. The number of ether oxygens (including phenoxy) is 2. The Morgan fingerprint density at radius 1 is 1.07 bits per heavy atom. The van der Waals surface area contributed by atoms with Crippen molar-refractivity contribution in [2.24, 2.45) is 0 Å². The number of nitrogens with zero attached hydrogens (tertiary/aromatic N) is 1. The van der Waals surface area contributed by atoms with Crippen LogP contribution in [-0.2, 0) is 21.2 Å². The molecule has 0 unspecified atom stereocenters. The maximum absolute atomic E-state index is 12.5. The third kappa shape index (κ3) is 5.20. The molecule has 0 saturated carbocycles. The molecule has 1 heterocycles. The zero-order valence-electron chi connectivity index (χ0n) is 17.1. The van der Waals surface area contributed by atoms with E-state index in [0.29, 0.717) is 26.1 Å². The first-order valence-electron chi connectivity index (χ1n) is 9.88. The second kappa shape index (κ2) is 9.77. The summed E-state index contributed by atoms with van der Waals surface area (Å²) in [5, 5.41) is 2.83. The molecular weight excluding hydrogens is 404 g/mol. The molecule has 1 amide bonds. The lowest BCUT2D eigenvalue weighted by Crippen LogP contribution is -2.30. The van der Waals surface area contributed by atoms with E-state index in [1.807, 2.05) is 32.0 Å². The Hall–Kier alpha value is -2.84. The monoisotopic (exact) mass is 430 g/mol. The number of carbonyl (C=O) groups is 1. The quantitative estimate of drug-likeness (QED) is 0.619. The van der Waals surface area contributed by atoms with Gasteiger partial charge >= 0.3 is 0 Å². The molecule has 2 aromatic carbocycles. The third-order valence-electron chi connectivity index (χ3n) is 4.80. The summed E-state index contributed by atoms with van der Waals surface area (Å²) in [6, 6.07) is 12.2. The molecule has 7 nitrogen and oxygen atoms in total. The molecule has 3 rings (SSSR count). The second-order valence-corrected chi connectivity index (χ2v) is 8.66. The summed E-state index contributed by atoms with van der Waals surface area (Å²) in [6.45, 7) is 5.19. The Morgan fingerprint density at radius 3 is 2.47 bits per heavy atom. The van der Waals surface area contributed by atoms with Gasteiger partial charge in [0, 0.05) is 25.7 Å². The highest BCUT2D eigenvalue weighted by atomic mass is 32.2. The molecule has 30 heavy (non-hydrogen) atoms. The minimum Gasteiger partial charge on any atom is -0.454 e. The fourth-order valence-electron chi connectivity index (χ4n) is 3.12. The molecule has 1 aliphatic heterocycles. The van der Waals surface area contributed by atoms with Gasteiger partial charge < -0.3 is 14.8 Å². The van der Waals surface area contributed by atoms with E-state index in [2.05, 4.69) is 5.32 Å². The van der Waals surface area contributed by atoms with Crippen molar-refractivity contribution in [1.82, 2.24) is 9.62 Å². The van der Waals surface area contributed by atoms with Crippen LogP contribution in [0.25, 0.3) is 6.08 Å². The van der Waals surface area contributed by atoms with Crippen molar-refractivity contribution in [3.8, 4) is 11.5 Å². The third-order valence-corrected chi connectivity index (χ3v) is 6.86. The summed E-state index contributed by atoms with van der Waals surface area (Å²) in [6.07, 6.45) is 3.77. The van der Waals surface area contributed by atoms with E-state index in [9.17, 15) is 13.2 Å². The van der Waals surface area contributed by atoms with E-state index in [1.165, 1.54) is 10.4 Å². The van der Waals surface area contributed by atoms with Crippen molar-refractivity contribution in [1.29, 1.82) is 0 Å². The van der Waals surface area contributed by atoms with Gasteiger partial charge in [-0.2, -0.15) is 4.31 Å². The van der Waals surface area contributed by atoms with Gasteiger partial charge in [-0.25, -0.2) is 8.42 Å². The van der Waals surface area contributed by atoms with Gasteiger partial charge in [-0.15, -0.1) is 0 Å². The maximum Gasteiger partial charge on any atom is 0.244 e. The summed E-state index contributed by atoms with van der Waals surface area (Å²) in [5.74, 6) is 1.25. The van der Waals surface area contributed by atoms with Gasteiger partial charge in [0.1, 0.15) is 0 Å². The number of benzene rings is 2. The molecule has 8 heteroatoms. The molecule has 0 atom stereocenters. The van der Waals surface area contributed by atoms with E-state index in [1.54, 1.807) is 30.3 Å². The highest BCUT2D eigenvalue weighted by molar-refractivity contribution is 7.89. The van der Waals surface area contributed by atoms with Crippen LogP contribution in [0.5, 0.6) is 11.5 Å². The predicted octanol–water partition coefficient (Wildman–Crippen LogP) is 2.82. The summed E-state index contributed by atoms with van der Waals surface area (Å²) in [5.41, 5.74) is 1.80. The normalized spacial score (nSPS) is 13.2. The molecule has 0 bridgehead atoms. The zero-order valence-corrected chi connectivity index (χ0v) is 17.9. The van der Waals surface area contributed by atoms with Crippen LogP contribution in [-0.4, -0.2) is 45.1 Å². The zero-order chi connectivity index (χ0) is 21.6. The molecule has 2 aromatic rings. The number of amides is 1. The molecule has 0 saturated heterocycles. The average molecular weight is 431 g/mol. The van der Waals surface area contributed by atoms with Gasteiger partial charge in [-0.3, -0.25) is 4.79 Å². The first kappa shape index (κ1) is 21.9. The van der Waals surface area contributed by atoms with Crippen LogP contribution in [0.2, 0.25) is 0 Å². The Morgan fingerprint density at radius 2 is 1.77 bits per heavy atom. The van der Waals surface area contributed by atoms with Crippen LogP contribution >= 0.6 is 0 Å². The first-order valence-corrected chi connectivity index (χ1v) is 11.3. The van der Waals surface area contributed by atoms with Crippen molar-refractivity contribution >= 4 is 22.0 Å². The van der Waals surface area contributed by atoms with E-state index >= 15 is 0 Å². The van der Waals surface area contributed by atoms with E-state index in [4.69, 9.17) is 9.47 Å². The average Bonchev–Trinajstić information content (AvgIpc) is 3.21. The summed E-state index contributed by atoms with van der Waals surface area (Å²) < 4.78 is 37.0. The minimum atomic E-state index is -3.48. The van der Waals surface area contributed by atoms with Crippen molar-refractivity contribution in [2.45, 2.75) is 25.2 Å². The highest BCUT2D eigenvalue weighted by Gasteiger charge is 2.21. The largest absolute Gasteiger partial charge is 0.454 e. The van der Waals surface area contributed by atoms with Crippen LogP contribution in [0, 0.1) is 0 Å². The Bertz CT molecular complexity index is 1010. The predicted molar refractivity (Wildman–Crippen MR) is 115 cm³/mol. The summed E-state index contributed by atoms with van der Waals surface area (Å²) in [7, 11) is -3.48. The molecule has 0 radical (unpaired) electrons. The standard InChI is InChI=1S/C22H26N2O5S/c1-3-24(4-2)30(26,27)19-9-5-17(6-10-19)8-12-22(25)23-14-13-18-7-11-20-21(15-18)29-16-28-20/h5-12,15H,3-4,13-14,16H2,1-2H3,(H,23,25)/b12-8+. The molecule has 0 fully saturated rings. The van der Waals surface area contributed by atoms with E-state index in [0.717, 1.165) is 22.6 Å². The van der Waals surface area contributed by atoms with Gasteiger partial charge in [-0.1, -0.05) is 32.0 Å². The van der Waals surface area contributed by atoms with E-state index in [-0.39, 0.29) is 17.6 Å².